The fourth-order valence-corrected chi connectivity index (χ4v) is 3.71. The Morgan fingerprint density at radius 2 is 1.91 bits per heavy atom. The zero-order valence-corrected chi connectivity index (χ0v) is 18.1. The summed E-state index contributed by atoms with van der Waals surface area (Å²) in [5.74, 6) is -0.368. The van der Waals surface area contributed by atoms with Crippen LogP contribution in [0.4, 0.5) is 10.1 Å². The fourth-order valence-electron chi connectivity index (χ4n) is 3.71. The van der Waals surface area contributed by atoms with Crippen molar-refractivity contribution in [3.8, 4) is 22.8 Å². The van der Waals surface area contributed by atoms with Gasteiger partial charge >= 0.3 is 5.69 Å². The molecule has 0 saturated carbocycles. The zero-order valence-electron chi connectivity index (χ0n) is 18.1. The summed E-state index contributed by atoms with van der Waals surface area (Å²) in [5.41, 5.74) is 1.40. The number of anilines is 1. The molecular formula is C24H19FN6O3. The van der Waals surface area contributed by atoms with E-state index >= 15 is 0 Å². The number of carbonyl (C=O) groups is 1. The van der Waals surface area contributed by atoms with Crippen molar-refractivity contribution in [2.75, 3.05) is 11.4 Å². The van der Waals surface area contributed by atoms with Gasteiger partial charge in [-0.2, -0.15) is 4.98 Å². The number of rotatable bonds is 6. The van der Waals surface area contributed by atoms with E-state index in [1.807, 2.05) is 37.3 Å². The maximum atomic E-state index is 13.6. The number of para-hydroxylation sites is 1. The number of aromatic nitrogens is 5. The first kappa shape index (κ1) is 21.3. The Bertz CT molecular complexity index is 1540. The number of amides is 1. The van der Waals surface area contributed by atoms with Gasteiger partial charge in [0.2, 0.25) is 11.7 Å². The molecule has 9 nitrogen and oxygen atoms in total. The standard InChI is InChI=1S/C24H19FN6O3/c1-2-29(18-10-4-3-5-11-18)20(32)15-31-24(33)30-13-7-12-19(22(30)27-31)23-26-21(28-34-23)16-8-6-9-17(25)14-16/h3-14H,2,15H2,1H3. The van der Waals surface area contributed by atoms with Crippen LogP contribution < -0.4 is 10.6 Å². The fraction of sp³-hybridized carbons (Fsp3) is 0.125. The van der Waals surface area contributed by atoms with E-state index in [2.05, 4.69) is 15.2 Å². The predicted octanol–water partition coefficient (Wildman–Crippen LogP) is 3.41. The van der Waals surface area contributed by atoms with Gasteiger partial charge in [-0.05, 0) is 43.3 Å². The number of hydrogen-bond acceptors (Lipinski definition) is 6. The minimum Gasteiger partial charge on any atom is -0.333 e. The topological polar surface area (TPSA) is 98.5 Å². The monoisotopic (exact) mass is 458 g/mol. The summed E-state index contributed by atoms with van der Waals surface area (Å²) in [6.07, 6.45) is 1.55. The lowest BCUT2D eigenvalue weighted by molar-refractivity contribution is -0.119. The lowest BCUT2D eigenvalue weighted by Crippen LogP contribution is -2.36. The molecule has 0 bridgehead atoms. The van der Waals surface area contributed by atoms with Crippen LogP contribution in [0.5, 0.6) is 0 Å². The van der Waals surface area contributed by atoms with Gasteiger partial charge in [0.15, 0.2) is 5.65 Å². The van der Waals surface area contributed by atoms with Crippen molar-refractivity contribution < 1.29 is 13.7 Å². The summed E-state index contributed by atoms with van der Waals surface area (Å²) >= 11 is 0. The maximum absolute atomic E-state index is 13.6. The summed E-state index contributed by atoms with van der Waals surface area (Å²) in [4.78, 5) is 31.8. The van der Waals surface area contributed by atoms with E-state index in [-0.39, 0.29) is 29.8 Å². The predicted molar refractivity (Wildman–Crippen MR) is 123 cm³/mol. The highest BCUT2D eigenvalue weighted by Crippen LogP contribution is 2.25. The smallest absolute Gasteiger partial charge is 0.333 e. The summed E-state index contributed by atoms with van der Waals surface area (Å²) < 4.78 is 21.4. The highest BCUT2D eigenvalue weighted by molar-refractivity contribution is 5.93. The minimum atomic E-state index is -0.473. The molecule has 0 N–H and O–H groups in total. The van der Waals surface area contributed by atoms with Crippen LogP contribution >= 0.6 is 0 Å². The van der Waals surface area contributed by atoms with Gasteiger partial charge in [-0.1, -0.05) is 35.5 Å². The minimum absolute atomic E-state index is 0.118. The number of likely N-dealkylation sites (N-methyl/N-ethyl adjacent to an activating group) is 1. The van der Waals surface area contributed by atoms with Crippen LogP contribution in [0.3, 0.4) is 0 Å². The SMILES string of the molecule is CCN(C(=O)Cn1nc2c(-c3nc(-c4cccc(F)c4)no3)cccn2c1=O)c1ccccc1. The number of nitrogens with zero attached hydrogens (tertiary/aromatic N) is 6. The Morgan fingerprint density at radius 3 is 2.68 bits per heavy atom. The molecular weight excluding hydrogens is 439 g/mol. The average molecular weight is 458 g/mol. The first-order valence-electron chi connectivity index (χ1n) is 10.6. The van der Waals surface area contributed by atoms with Crippen LogP contribution in [0.15, 0.2) is 82.2 Å². The largest absolute Gasteiger partial charge is 0.350 e. The molecule has 3 aromatic heterocycles. The Morgan fingerprint density at radius 1 is 1.09 bits per heavy atom. The number of halogens is 1. The van der Waals surface area contributed by atoms with Gasteiger partial charge in [0, 0.05) is 24.0 Å². The third kappa shape index (κ3) is 3.85. The molecule has 0 spiro atoms. The van der Waals surface area contributed by atoms with Gasteiger partial charge in [-0.3, -0.25) is 4.79 Å². The Kier molecular flexibility index (Phi) is 5.46. The van der Waals surface area contributed by atoms with Crippen LogP contribution in [-0.2, 0) is 11.3 Å². The van der Waals surface area contributed by atoms with Crippen LogP contribution in [0.25, 0.3) is 28.5 Å². The molecule has 5 aromatic rings. The molecule has 0 fully saturated rings. The quantitative estimate of drug-likeness (QED) is 0.387. The second kappa shape index (κ2) is 8.74. The molecule has 0 unspecified atom stereocenters. The van der Waals surface area contributed by atoms with Gasteiger partial charge in [0.25, 0.3) is 5.89 Å². The van der Waals surface area contributed by atoms with Crippen LogP contribution in [0, 0.1) is 5.82 Å². The van der Waals surface area contributed by atoms with E-state index in [0.29, 0.717) is 17.7 Å². The van der Waals surface area contributed by atoms with E-state index in [1.54, 1.807) is 35.4 Å². The lowest BCUT2D eigenvalue weighted by Gasteiger charge is -2.20. The van der Waals surface area contributed by atoms with Gasteiger partial charge in [0.05, 0.1) is 5.56 Å². The molecule has 0 aliphatic carbocycles. The van der Waals surface area contributed by atoms with Crippen molar-refractivity contribution in [1.29, 1.82) is 0 Å². The number of carbonyl (C=O) groups excluding carboxylic acids is 1. The van der Waals surface area contributed by atoms with Gasteiger partial charge in [-0.25, -0.2) is 18.3 Å². The van der Waals surface area contributed by atoms with Crippen molar-refractivity contribution in [3.63, 3.8) is 0 Å². The molecule has 170 valence electrons. The summed E-state index contributed by atoms with van der Waals surface area (Å²) in [7, 11) is 0. The summed E-state index contributed by atoms with van der Waals surface area (Å²) in [6.45, 7) is 2.07. The van der Waals surface area contributed by atoms with Crippen molar-refractivity contribution in [2.24, 2.45) is 0 Å². The molecule has 0 aliphatic rings. The summed E-state index contributed by atoms with van der Waals surface area (Å²) in [6, 6.07) is 18.4. The first-order chi connectivity index (χ1) is 16.5. The van der Waals surface area contributed by atoms with Crippen LogP contribution in [0.2, 0.25) is 0 Å². The van der Waals surface area contributed by atoms with Gasteiger partial charge in [0.1, 0.15) is 12.4 Å². The average Bonchev–Trinajstić information content (AvgIpc) is 3.46. The number of fused-ring (bicyclic) bond motifs is 1. The van der Waals surface area contributed by atoms with E-state index < -0.39 is 11.5 Å². The van der Waals surface area contributed by atoms with Gasteiger partial charge < -0.3 is 9.42 Å². The molecule has 10 heteroatoms. The van der Waals surface area contributed by atoms with E-state index in [9.17, 15) is 14.0 Å². The Balaban J connectivity index is 1.49. The normalized spacial score (nSPS) is 11.1. The van der Waals surface area contributed by atoms with Crippen molar-refractivity contribution in [3.05, 3.63) is 89.2 Å². The molecule has 0 radical (unpaired) electrons. The molecule has 34 heavy (non-hydrogen) atoms. The number of pyridine rings is 1. The Labute approximate surface area is 192 Å². The van der Waals surface area contributed by atoms with Crippen LogP contribution in [0.1, 0.15) is 6.92 Å². The third-order valence-corrected chi connectivity index (χ3v) is 5.32. The second-order valence-corrected chi connectivity index (χ2v) is 7.46. The molecule has 2 aromatic carbocycles. The highest BCUT2D eigenvalue weighted by Gasteiger charge is 2.21. The summed E-state index contributed by atoms with van der Waals surface area (Å²) in [5, 5.41) is 8.29. The van der Waals surface area contributed by atoms with Crippen LogP contribution in [-0.4, -0.2) is 36.8 Å². The van der Waals surface area contributed by atoms with Crippen molar-refractivity contribution in [1.82, 2.24) is 24.3 Å². The number of benzene rings is 2. The molecule has 0 aliphatic heterocycles. The molecule has 1 amide bonds. The maximum Gasteiger partial charge on any atom is 0.350 e. The van der Waals surface area contributed by atoms with E-state index in [1.165, 1.54) is 16.5 Å². The van der Waals surface area contributed by atoms with E-state index in [0.717, 1.165) is 10.4 Å². The lowest BCUT2D eigenvalue weighted by atomic mass is 10.2. The number of hydrogen-bond donors (Lipinski definition) is 0. The second-order valence-electron chi connectivity index (χ2n) is 7.46. The van der Waals surface area contributed by atoms with Gasteiger partial charge in [-0.15, -0.1) is 5.10 Å². The highest BCUT2D eigenvalue weighted by atomic mass is 19.1. The van der Waals surface area contributed by atoms with Crippen molar-refractivity contribution in [2.45, 2.75) is 13.5 Å². The molecule has 5 rings (SSSR count). The Hall–Kier alpha value is -4.60. The van der Waals surface area contributed by atoms with E-state index in [4.69, 9.17) is 4.52 Å². The molecule has 3 heterocycles. The molecule has 0 atom stereocenters. The zero-order chi connectivity index (χ0) is 23.7. The first-order valence-corrected chi connectivity index (χ1v) is 10.6. The molecule has 0 saturated heterocycles. The van der Waals surface area contributed by atoms with Crippen molar-refractivity contribution >= 4 is 17.2 Å². The third-order valence-electron chi connectivity index (χ3n) is 5.32.